The minimum atomic E-state index is -0.300. The highest BCUT2D eigenvalue weighted by atomic mass is 19.1. The van der Waals surface area contributed by atoms with Crippen molar-refractivity contribution in [2.75, 3.05) is 5.32 Å². The molecule has 0 spiro atoms. The van der Waals surface area contributed by atoms with Gasteiger partial charge in [0.05, 0.1) is 11.6 Å². The first-order chi connectivity index (χ1) is 9.63. The molecule has 1 aliphatic carbocycles. The zero-order valence-electron chi connectivity index (χ0n) is 12.4. The number of hydrogen-bond donors (Lipinski definition) is 1. The Morgan fingerprint density at radius 2 is 2.00 bits per heavy atom. The van der Waals surface area contributed by atoms with Gasteiger partial charge in [-0.15, -0.1) is 0 Å². The van der Waals surface area contributed by atoms with Crippen LogP contribution < -0.4 is 5.32 Å². The molecule has 2 nitrogen and oxygen atoms in total. The monoisotopic (exact) mass is 274 g/mol. The fourth-order valence-electron chi connectivity index (χ4n) is 3.12. The van der Waals surface area contributed by atoms with Crippen LogP contribution in [0.2, 0.25) is 0 Å². The number of rotatable bonds is 4. The smallest absolute Gasteiger partial charge is 0.129 e. The topological polar surface area (TPSA) is 35.8 Å². The Bertz CT molecular complexity index is 496. The largest absolute Gasteiger partial charge is 0.382 e. The summed E-state index contributed by atoms with van der Waals surface area (Å²) in [7, 11) is 0. The number of halogens is 1. The van der Waals surface area contributed by atoms with E-state index in [1.807, 2.05) is 6.07 Å². The second-order valence-electron chi connectivity index (χ2n) is 5.89. The zero-order chi connectivity index (χ0) is 14.5. The molecule has 1 saturated carbocycles. The highest BCUT2D eigenvalue weighted by Crippen LogP contribution is 2.30. The van der Waals surface area contributed by atoms with Crippen LogP contribution in [-0.2, 0) is 0 Å². The van der Waals surface area contributed by atoms with E-state index >= 15 is 0 Å². The Balaban J connectivity index is 2.01. The van der Waals surface area contributed by atoms with Gasteiger partial charge >= 0.3 is 0 Å². The molecule has 0 aromatic heterocycles. The Morgan fingerprint density at radius 3 is 2.60 bits per heavy atom. The lowest BCUT2D eigenvalue weighted by Gasteiger charge is -2.30. The Kier molecular flexibility index (Phi) is 5.00. The van der Waals surface area contributed by atoms with Crippen molar-refractivity contribution in [1.29, 1.82) is 5.26 Å². The van der Waals surface area contributed by atoms with Gasteiger partial charge in [0.15, 0.2) is 0 Å². The first-order valence-corrected chi connectivity index (χ1v) is 7.60. The average Bonchev–Trinajstić information content (AvgIpc) is 2.46. The lowest BCUT2D eigenvalue weighted by atomic mass is 9.83. The zero-order valence-corrected chi connectivity index (χ0v) is 12.4. The van der Waals surface area contributed by atoms with Gasteiger partial charge in [-0.25, -0.2) is 4.39 Å². The molecule has 1 fully saturated rings. The number of nitrogens with one attached hydrogen (secondary N) is 1. The van der Waals surface area contributed by atoms with E-state index in [1.165, 1.54) is 31.7 Å². The molecular weight excluding hydrogens is 251 g/mol. The van der Waals surface area contributed by atoms with E-state index in [0.717, 1.165) is 24.4 Å². The van der Waals surface area contributed by atoms with Gasteiger partial charge in [-0.05, 0) is 50.7 Å². The van der Waals surface area contributed by atoms with Crippen LogP contribution >= 0.6 is 0 Å². The summed E-state index contributed by atoms with van der Waals surface area (Å²) >= 11 is 0. The van der Waals surface area contributed by atoms with Crippen molar-refractivity contribution >= 4 is 5.69 Å². The SMILES string of the molecule is CCCC1CCC(Nc2cc(C#N)cc(F)c2C)CC1. The molecule has 0 radical (unpaired) electrons. The van der Waals surface area contributed by atoms with Crippen molar-refractivity contribution in [1.82, 2.24) is 0 Å². The van der Waals surface area contributed by atoms with Crippen LogP contribution in [0.5, 0.6) is 0 Å². The summed E-state index contributed by atoms with van der Waals surface area (Å²) in [6, 6.07) is 5.49. The summed E-state index contributed by atoms with van der Waals surface area (Å²) in [5, 5.41) is 12.4. The maximum Gasteiger partial charge on any atom is 0.129 e. The summed E-state index contributed by atoms with van der Waals surface area (Å²) in [4.78, 5) is 0. The molecule has 1 aliphatic rings. The maximum absolute atomic E-state index is 13.8. The highest BCUT2D eigenvalue weighted by Gasteiger charge is 2.21. The normalized spacial score (nSPS) is 22.3. The van der Waals surface area contributed by atoms with Gasteiger partial charge in [-0.1, -0.05) is 19.8 Å². The molecule has 0 heterocycles. The van der Waals surface area contributed by atoms with Crippen molar-refractivity contribution in [3.8, 4) is 6.07 Å². The summed E-state index contributed by atoms with van der Waals surface area (Å²) in [6.45, 7) is 4.01. The summed E-state index contributed by atoms with van der Waals surface area (Å²) in [5.41, 5.74) is 1.77. The fraction of sp³-hybridized carbons (Fsp3) is 0.588. The van der Waals surface area contributed by atoms with Crippen molar-refractivity contribution in [2.45, 2.75) is 58.4 Å². The third-order valence-electron chi connectivity index (χ3n) is 4.38. The Hall–Kier alpha value is -1.56. The summed E-state index contributed by atoms with van der Waals surface area (Å²) < 4.78 is 13.8. The lowest BCUT2D eigenvalue weighted by Crippen LogP contribution is -2.26. The second-order valence-corrected chi connectivity index (χ2v) is 5.89. The molecule has 0 atom stereocenters. The van der Waals surface area contributed by atoms with E-state index in [2.05, 4.69) is 12.2 Å². The first kappa shape index (κ1) is 14.8. The average molecular weight is 274 g/mol. The van der Waals surface area contributed by atoms with E-state index < -0.39 is 0 Å². The summed E-state index contributed by atoms with van der Waals surface area (Å²) in [6.07, 6.45) is 7.38. The van der Waals surface area contributed by atoms with Gasteiger partial charge in [0.25, 0.3) is 0 Å². The van der Waals surface area contributed by atoms with Crippen molar-refractivity contribution < 1.29 is 4.39 Å². The molecule has 0 unspecified atom stereocenters. The van der Waals surface area contributed by atoms with Gasteiger partial charge in [-0.3, -0.25) is 0 Å². The number of anilines is 1. The van der Waals surface area contributed by atoms with E-state index in [4.69, 9.17) is 5.26 Å². The number of benzene rings is 1. The third kappa shape index (κ3) is 3.50. The molecule has 0 saturated heterocycles. The third-order valence-corrected chi connectivity index (χ3v) is 4.38. The van der Waals surface area contributed by atoms with Crippen molar-refractivity contribution in [3.63, 3.8) is 0 Å². The standard InChI is InChI=1S/C17H23FN2/c1-3-4-13-5-7-15(8-6-13)20-17-10-14(11-19)9-16(18)12(17)2/h9-10,13,15,20H,3-8H2,1-2H3. The van der Waals surface area contributed by atoms with Crippen molar-refractivity contribution in [2.24, 2.45) is 5.92 Å². The lowest BCUT2D eigenvalue weighted by molar-refractivity contribution is 0.319. The molecule has 0 amide bonds. The molecule has 2 rings (SSSR count). The van der Waals surface area contributed by atoms with Gasteiger partial charge in [0.1, 0.15) is 5.82 Å². The molecule has 1 aromatic carbocycles. The molecule has 20 heavy (non-hydrogen) atoms. The van der Waals surface area contributed by atoms with Gasteiger partial charge in [0.2, 0.25) is 0 Å². The van der Waals surface area contributed by atoms with E-state index in [0.29, 0.717) is 17.2 Å². The predicted octanol–water partition coefficient (Wildman–Crippen LogP) is 4.78. The summed E-state index contributed by atoms with van der Waals surface area (Å²) in [5.74, 6) is 0.563. The molecule has 1 aromatic rings. The molecular formula is C17H23FN2. The highest BCUT2D eigenvalue weighted by molar-refractivity contribution is 5.56. The predicted molar refractivity (Wildman–Crippen MR) is 80.1 cm³/mol. The molecule has 3 heteroatoms. The molecule has 1 N–H and O–H groups in total. The molecule has 0 aliphatic heterocycles. The van der Waals surface area contributed by atoms with Crippen molar-refractivity contribution in [3.05, 3.63) is 29.1 Å². The quantitative estimate of drug-likeness (QED) is 0.858. The number of nitriles is 1. The number of nitrogens with zero attached hydrogens (tertiary/aromatic N) is 1. The number of hydrogen-bond acceptors (Lipinski definition) is 2. The minimum absolute atomic E-state index is 0.300. The molecule has 108 valence electrons. The maximum atomic E-state index is 13.8. The van der Waals surface area contributed by atoms with E-state index in [9.17, 15) is 4.39 Å². The van der Waals surface area contributed by atoms with Crippen LogP contribution in [0.3, 0.4) is 0 Å². The van der Waals surface area contributed by atoms with Gasteiger partial charge in [0, 0.05) is 17.3 Å². The van der Waals surface area contributed by atoms with Crippen LogP contribution in [-0.4, -0.2) is 6.04 Å². The van der Waals surface area contributed by atoms with Gasteiger partial charge in [-0.2, -0.15) is 5.26 Å². The van der Waals surface area contributed by atoms with Crippen LogP contribution in [0.1, 0.15) is 56.6 Å². The minimum Gasteiger partial charge on any atom is -0.382 e. The van der Waals surface area contributed by atoms with E-state index in [1.54, 1.807) is 13.0 Å². The van der Waals surface area contributed by atoms with E-state index in [-0.39, 0.29) is 5.82 Å². The molecule has 0 bridgehead atoms. The van der Waals surface area contributed by atoms with Gasteiger partial charge < -0.3 is 5.32 Å². The van der Waals surface area contributed by atoms with Crippen LogP contribution in [0.25, 0.3) is 0 Å². The second kappa shape index (κ2) is 6.74. The fourth-order valence-corrected chi connectivity index (χ4v) is 3.12. The Morgan fingerprint density at radius 1 is 1.30 bits per heavy atom. The first-order valence-electron chi connectivity index (χ1n) is 7.60. The van der Waals surface area contributed by atoms with Crippen LogP contribution in [0.4, 0.5) is 10.1 Å². The van der Waals surface area contributed by atoms with Crippen LogP contribution in [0.15, 0.2) is 12.1 Å². The van der Waals surface area contributed by atoms with Crippen LogP contribution in [0, 0.1) is 30.0 Å². The Labute approximate surface area is 121 Å².